The molecule has 0 N–H and O–H groups in total. The third-order valence-electron chi connectivity index (χ3n) is 9.62. The fourth-order valence-electron chi connectivity index (χ4n) is 6.83. The Morgan fingerprint density at radius 2 is 1.58 bits per heavy atom. The highest BCUT2D eigenvalue weighted by Crippen LogP contribution is 2.58. The Hall–Kier alpha value is -1.34. The van der Waals surface area contributed by atoms with Gasteiger partial charge in [0.25, 0.3) is 0 Å². The first-order valence-electron chi connectivity index (χ1n) is 13.0. The normalized spacial score (nSPS) is 21.9. The largest absolute Gasteiger partial charge is 0.122 e. The van der Waals surface area contributed by atoms with Crippen molar-refractivity contribution in [1.82, 2.24) is 0 Å². The summed E-state index contributed by atoms with van der Waals surface area (Å²) in [7, 11) is -1.97. The second-order valence-corrected chi connectivity index (χ2v) is 15.4. The van der Waals surface area contributed by atoms with Crippen LogP contribution in [0.2, 0.25) is 10.6 Å². The first kappa shape index (κ1) is 24.3. The first-order valence-corrected chi connectivity index (χ1v) is 15.1. The highest BCUT2D eigenvalue weighted by molar-refractivity contribution is 7.01. The van der Waals surface area contributed by atoms with Crippen LogP contribution < -0.4 is 5.19 Å². The molecule has 2 unspecified atom stereocenters. The summed E-state index contributed by atoms with van der Waals surface area (Å²) in [5.41, 5.74) is 2.95. The minimum atomic E-state index is -1.97. The maximum Gasteiger partial charge on any atom is 0.122 e. The van der Waals surface area contributed by atoms with Crippen molar-refractivity contribution < 1.29 is 0 Å². The van der Waals surface area contributed by atoms with Crippen molar-refractivity contribution in [2.45, 2.75) is 110 Å². The van der Waals surface area contributed by atoms with Gasteiger partial charge in [0.05, 0.1) is 0 Å². The molecule has 1 aromatic rings. The molecule has 31 heavy (non-hydrogen) atoms. The van der Waals surface area contributed by atoms with Gasteiger partial charge < -0.3 is 0 Å². The topological polar surface area (TPSA) is 0 Å². The fraction of sp³-hybridized carbons (Fsp3) is 0.600. The van der Waals surface area contributed by atoms with E-state index in [1.165, 1.54) is 57.8 Å². The van der Waals surface area contributed by atoms with Crippen LogP contribution in [0.15, 0.2) is 65.4 Å². The molecule has 0 nitrogen and oxygen atoms in total. The maximum atomic E-state index is 2.71. The summed E-state index contributed by atoms with van der Waals surface area (Å²) in [6, 6.07) is 11.8. The Balaban J connectivity index is 2.18. The van der Waals surface area contributed by atoms with Crippen molar-refractivity contribution >= 4 is 13.3 Å². The third-order valence-corrected chi connectivity index (χ3v) is 16.7. The summed E-state index contributed by atoms with van der Waals surface area (Å²) >= 11 is 0. The van der Waals surface area contributed by atoms with Gasteiger partial charge in [-0.2, -0.15) is 0 Å². The summed E-state index contributed by atoms with van der Waals surface area (Å²) in [6.07, 6.45) is 21.5. The zero-order valence-corrected chi connectivity index (χ0v) is 22.1. The van der Waals surface area contributed by atoms with Crippen LogP contribution in [0.1, 0.15) is 99.3 Å². The summed E-state index contributed by atoms with van der Waals surface area (Å²) in [5.74, 6) is 0. The minimum Gasteiger partial charge on any atom is -0.0848 e. The maximum absolute atomic E-state index is 2.71. The molecular weight excluding hydrogens is 388 g/mol. The van der Waals surface area contributed by atoms with Crippen LogP contribution in [-0.2, 0) is 0 Å². The molecule has 170 valence electrons. The highest BCUT2D eigenvalue weighted by Gasteiger charge is 2.56. The molecule has 0 bridgehead atoms. The molecule has 0 amide bonds. The molecule has 0 spiro atoms. The van der Waals surface area contributed by atoms with Crippen molar-refractivity contribution in [3.63, 3.8) is 0 Å². The molecular formula is C30H46Si. The Kier molecular flexibility index (Phi) is 7.89. The lowest BCUT2D eigenvalue weighted by molar-refractivity contribution is 0.344. The van der Waals surface area contributed by atoms with Gasteiger partial charge in [0.2, 0.25) is 0 Å². The van der Waals surface area contributed by atoms with Crippen molar-refractivity contribution in [3.8, 4) is 0 Å². The van der Waals surface area contributed by atoms with Crippen LogP contribution in [0.5, 0.6) is 0 Å². The summed E-state index contributed by atoms with van der Waals surface area (Å²) in [6.45, 7) is 14.8. The van der Waals surface area contributed by atoms with Crippen LogP contribution in [0, 0.1) is 5.41 Å². The van der Waals surface area contributed by atoms with E-state index in [-0.39, 0.29) is 0 Å². The zero-order chi connectivity index (χ0) is 22.5. The number of hydrogen-bond acceptors (Lipinski definition) is 0. The Morgan fingerprint density at radius 1 is 0.903 bits per heavy atom. The van der Waals surface area contributed by atoms with Gasteiger partial charge in [0.15, 0.2) is 0 Å². The summed E-state index contributed by atoms with van der Waals surface area (Å²) < 4.78 is 0. The molecule has 0 saturated heterocycles. The van der Waals surface area contributed by atoms with E-state index in [2.05, 4.69) is 96.2 Å². The standard InChI is InChI=1S/C30H46Si/c1-7-29(5,8-2)25-21-23-28(24-22-25)31(30(6,9-3)10-4,26-17-13-11-14-18-26)27-19-15-12-16-20-27/h11-15,17-19,21,28H,7-10,16,20,22-24H2,1-6H3. The quantitative estimate of drug-likeness (QED) is 0.268. The van der Waals surface area contributed by atoms with Gasteiger partial charge in [0.1, 0.15) is 8.07 Å². The lowest BCUT2D eigenvalue weighted by atomic mass is 9.73. The van der Waals surface area contributed by atoms with Gasteiger partial charge in [0, 0.05) is 0 Å². The van der Waals surface area contributed by atoms with Crippen LogP contribution in [0.3, 0.4) is 0 Å². The van der Waals surface area contributed by atoms with Crippen LogP contribution >= 0.6 is 0 Å². The molecule has 2 aliphatic rings. The van der Waals surface area contributed by atoms with Crippen LogP contribution in [0.4, 0.5) is 0 Å². The third kappa shape index (κ3) is 4.20. The van der Waals surface area contributed by atoms with E-state index in [9.17, 15) is 0 Å². The van der Waals surface area contributed by atoms with E-state index >= 15 is 0 Å². The van der Waals surface area contributed by atoms with Gasteiger partial charge >= 0.3 is 0 Å². The predicted molar refractivity (Wildman–Crippen MR) is 142 cm³/mol. The molecule has 0 heterocycles. The Bertz CT molecular complexity index is 804. The predicted octanol–water partition coefficient (Wildman–Crippen LogP) is 9.05. The van der Waals surface area contributed by atoms with E-state index < -0.39 is 8.07 Å². The van der Waals surface area contributed by atoms with Gasteiger partial charge in [-0.05, 0) is 60.9 Å². The average molecular weight is 435 g/mol. The first-order chi connectivity index (χ1) is 14.9. The van der Waals surface area contributed by atoms with E-state index in [0.717, 1.165) is 5.54 Å². The van der Waals surface area contributed by atoms with Crippen molar-refractivity contribution in [2.75, 3.05) is 0 Å². The lowest BCUT2D eigenvalue weighted by Gasteiger charge is -2.55. The summed E-state index contributed by atoms with van der Waals surface area (Å²) in [5, 5.41) is 3.90. The molecule has 3 rings (SSSR count). The molecule has 0 saturated carbocycles. The van der Waals surface area contributed by atoms with Gasteiger partial charge in [-0.3, -0.25) is 0 Å². The minimum absolute atomic E-state index is 0.389. The van der Waals surface area contributed by atoms with E-state index in [1.54, 1.807) is 10.8 Å². The van der Waals surface area contributed by atoms with Crippen LogP contribution in [-0.4, -0.2) is 8.07 Å². The number of hydrogen-bond donors (Lipinski definition) is 0. The highest BCUT2D eigenvalue weighted by atomic mass is 28.3. The fourth-order valence-corrected chi connectivity index (χ4v) is 14.4. The average Bonchev–Trinajstić information content (AvgIpc) is 2.85. The Labute approximate surface area is 193 Å². The SMILES string of the molecule is CCC(C)(CC)C1=CCC([Si](C2=CC=CCC2)(c2ccccc2)C(C)(CC)CC)CC1. The van der Waals surface area contributed by atoms with E-state index in [0.29, 0.717) is 10.5 Å². The van der Waals surface area contributed by atoms with Crippen molar-refractivity contribution in [2.24, 2.45) is 5.41 Å². The van der Waals surface area contributed by atoms with Crippen molar-refractivity contribution in [3.05, 3.63) is 65.4 Å². The number of benzene rings is 1. The molecule has 2 atom stereocenters. The smallest absolute Gasteiger partial charge is 0.0848 e. The molecule has 0 aromatic heterocycles. The van der Waals surface area contributed by atoms with Crippen LogP contribution in [0.25, 0.3) is 0 Å². The Morgan fingerprint density at radius 3 is 2.06 bits per heavy atom. The molecule has 2 aliphatic carbocycles. The molecule has 1 aromatic carbocycles. The van der Waals surface area contributed by atoms with Gasteiger partial charge in [-0.25, -0.2) is 0 Å². The van der Waals surface area contributed by atoms with E-state index in [4.69, 9.17) is 0 Å². The number of allylic oxidation sites excluding steroid dienone is 6. The molecule has 0 aliphatic heterocycles. The summed E-state index contributed by atoms with van der Waals surface area (Å²) in [4.78, 5) is 0. The monoisotopic (exact) mass is 434 g/mol. The molecule has 0 radical (unpaired) electrons. The molecule has 1 heteroatoms. The molecule has 0 fully saturated rings. The van der Waals surface area contributed by atoms with Crippen molar-refractivity contribution in [1.29, 1.82) is 0 Å². The van der Waals surface area contributed by atoms with Gasteiger partial charge in [-0.15, -0.1) is 0 Å². The van der Waals surface area contributed by atoms with E-state index in [1.807, 2.05) is 5.20 Å². The zero-order valence-electron chi connectivity index (χ0n) is 21.1. The number of rotatable bonds is 9. The van der Waals surface area contributed by atoms with Gasteiger partial charge in [-0.1, -0.05) is 125 Å². The second-order valence-electron chi connectivity index (χ2n) is 10.6. The second kappa shape index (κ2) is 10.1. The lowest BCUT2D eigenvalue weighted by Crippen LogP contribution is -2.62.